The molecule has 5 nitrogen and oxygen atoms in total. The molecule has 0 fully saturated rings. The summed E-state index contributed by atoms with van der Waals surface area (Å²) in [6.07, 6.45) is -0.257. The summed E-state index contributed by atoms with van der Waals surface area (Å²) >= 11 is 0. The molecule has 0 aromatic rings. The highest BCUT2D eigenvalue weighted by Gasteiger charge is 2.25. The highest BCUT2D eigenvalue weighted by molar-refractivity contribution is 5.80. The van der Waals surface area contributed by atoms with Gasteiger partial charge in [-0.1, -0.05) is 20.3 Å². The average molecular weight is 217 g/mol. The zero-order valence-corrected chi connectivity index (χ0v) is 9.61. The van der Waals surface area contributed by atoms with E-state index in [2.05, 4.69) is 5.32 Å². The number of nitrogens with one attached hydrogen (secondary N) is 1. The quantitative estimate of drug-likeness (QED) is 0.733. The van der Waals surface area contributed by atoms with E-state index in [1.807, 2.05) is 6.92 Å². The van der Waals surface area contributed by atoms with Gasteiger partial charge in [0, 0.05) is 0 Å². The van der Waals surface area contributed by atoms with Crippen LogP contribution in [0.5, 0.6) is 0 Å². The lowest BCUT2D eigenvalue weighted by Gasteiger charge is -2.20. The number of alkyl carbamates (subject to hydrolysis) is 1. The Hall–Kier alpha value is -1.26. The van der Waals surface area contributed by atoms with Crippen LogP contribution in [0.1, 0.15) is 34.1 Å². The number of carbonyl (C=O) groups excluding carboxylic acids is 1. The minimum Gasteiger partial charge on any atom is -0.480 e. The first-order valence-corrected chi connectivity index (χ1v) is 5.08. The van der Waals surface area contributed by atoms with E-state index in [0.29, 0.717) is 6.42 Å². The number of carbonyl (C=O) groups is 2. The second-order valence-electron chi connectivity index (χ2n) is 3.80. The Morgan fingerprint density at radius 3 is 2.20 bits per heavy atom. The van der Waals surface area contributed by atoms with Gasteiger partial charge in [-0.25, -0.2) is 9.59 Å². The standard InChI is InChI=1S/C10H19NO4/c1-5-7(4)8(9(12)13)11-10(14)15-6(2)3/h6-8H,5H2,1-4H3,(H,11,14)(H,12,13). The monoisotopic (exact) mass is 217 g/mol. The molecule has 88 valence electrons. The van der Waals surface area contributed by atoms with Crippen molar-refractivity contribution in [3.8, 4) is 0 Å². The Bertz CT molecular complexity index is 227. The molecule has 0 aromatic heterocycles. The van der Waals surface area contributed by atoms with Crippen molar-refractivity contribution >= 4 is 12.1 Å². The Morgan fingerprint density at radius 2 is 1.87 bits per heavy atom. The topological polar surface area (TPSA) is 75.6 Å². The van der Waals surface area contributed by atoms with Gasteiger partial charge in [-0.15, -0.1) is 0 Å². The fourth-order valence-corrected chi connectivity index (χ4v) is 1.06. The molecule has 15 heavy (non-hydrogen) atoms. The van der Waals surface area contributed by atoms with Gasteiger partial charge in [-0.05, 0) is 19.8 Å². The van der Waals surface area contributed by atoms with Gasteiger partial charge >= 0.3 is 12.1 Å². The predicted molar refractivity (Wildman–Crippen MR) is 55.6 cm³/mol. The molecule has 0 bridgehead atoms. The number of carboxylic acids is 1. The summed E-state index contributed by atoms with van der Waals surface area (Å²) in [7, 11) is 0. The van der Waals surface area contributed by atoms with Gasteiger partial charge in [0.1, 0.15) is 6.04 Å². The van der Waals surface area contributed by atoms with Crippen LogP contribution < -0.4 is 5.32 Å². The Balaban J connectivity index is 4.29. The van der Waals surface area contributed by atoms with Crippen molar-refractivity contribution in [3.63, 3.8) is 0 Å². The summed E-state index contributed by atoms with van der Waals surface area (Å²) < 4.78 is 4.81. The van der Waals surface area contributed by atoms with Crippen molar-refractivity contribution in [2.75, 3.05) is 0 Å². The molecule has 0 aromatic carbocycles. The third kappa shape index (κ3) is 5.24. The van der Waals surface area contributed by atoms with Crippen LogP contribution in [0.4, 0.5) is 4.79 Å². The minimum absolute atomic E-state index is 0.123. The van der Waals surface area contributed by atoms with Gasteiger partial charge in [0.2, 0.25) is 0 Å². The summed E-state index contributed by atoms with van der Waals surface area (Å²) in [5.41, 5.74) is 0. The van der Waals surface area contributed by atoms with Crippen LogP contribution in [0.3, 0.4) is 0 Å². The Labute approximate surface area is 89.8 Å². The summed E-state index contributed by atoms with van der Waals surface area (Å²) in [6.45, 7) is 7.06. The van der Waals surface area contributed by atoms with Crippen molar-refractivity contribution in [1.29, 1.82) is 0 Å². The lowest BCUT2D eigenvalue weighted by Crippen LogP contribution is -2.45. The average Bonchev–Trinajstić information content (AvgIpc) is 2.11. The molecule has 0 rings (SSSR count). The molecular formula is C10H19NO4. The maximum Gasteiger partial charge on any atom is 0.408 e. The molecule has 0 spiro atoms. The number of hydrogen-bond acceptors (Lipinski definition) is 3. The zero-order valence-electron chi connectivity index (χ0n) is 9.61. The van der Waals surface area contributed by atoms with Crippen LogP contribution in [0, 0.1) is 5.92 Å². The predicted octanol–water partition coefficient (Wildman–Crippen LogP) is 1.62. The maximum absolute atomic E-state index is 11.2. The number of rotatable bonds is 5. The van der Waals surface area contributed by atoms with E-state index in [1.165, 1.54) is 0 Å². The van der Waals surface area contributed by atoms with Crippen LogP contribution in [0.2, 0.25) is 0 Å². The fourth-order valence-electron chi connectivity index (χ4n) is 1.06. The Kier molecular flexibility index (Phi) is 5.74. The van der Waals surface area contributed by atoms with Crippen molar-refractivity contribution in [3.05, 3.63) is 0 Å². The first kappa shape index (κ1) is 13.7. The van der Waals surface area contributed by atoms with Gasteiger partial charge in [0.05, 0.1) is 6.10 Å². The number of carboxylic acid groups (broad SMARTS) is 1. The largest absolute Gasteiger partial charge is 0.480 e. The van der Waals surface area contributed by atoms with Crippen molar-refractivity contribution in [2.45, 2.75) is 46.3 Å². The second-order valence-corrected chi connectivity index (χ2v) is 3.80. The summed E-state index contributed by atoms with van der Waals surface area (Å²) in [4.78, 5) is 22.0. The first-order chi connectivity index (χ1) is 6.88. The molecule has 0 saturated carbocycles. The fraction of sp³-hybridized carbons (Fsp3) is 0.800. The molecule has 1 amide bonds. The van der Waals surface area contributed by atoms with Crippen LogP contribution in [0.25, 0.3) is 0 Å². The number of ether oxygens (including phenoxy) is 1. The van der Waals surface area contributed by atoms with Gasteiger partial charge in [0.15, 0.2) is 0 Å². The smallest absolute Gasteiger partial charge is 0.408 e. The van der Waals surface area contributed by atoms with Crippen molar-refractivity contribution in [2.24, 2.45) is 5.92 Å². The van der Waals surface area contributed by atoms with Crippen LogP contribution in [0.15, 0.2) is 0 Å². The molecule has 2 unspecified atom stereocenters. The maximum atomic E-state index is 11.2. The second kappa shape index (κ2) is 6.27. The van der Waals surface area contributed by atoms with Gasteiger partial charge in [-0.3, -0.25) is 0 Å². The first-order valence-electron chi connectivity index (χ1n) is 5.08. The number of aliphatic carboxylic acids is 1. The lowest BCUT2D eigenvalue weighted by molar-refractivity contribution is -0.140. The molecule has 0 radical (unpaired) electrons. The molecular weight excluding hydrogens is 198 g/mol. The number of hydrogen-bond donors (Lipinski definition) is 2. The molecule has 5 heteroatoms. The van der Waals surface area contributed by atoms with Crippen molar-refractivity contribution in [1.82, 2.24) is 5.32 Å². The van der Waals surface area contributed by atoms with Gasteiger partial charge in [0.25, 0.3) is 0 Å². The molecule has 0 aliphatic carbocycles. The molecule has 0 aliphatic rings. The van der Waals surface area contributed by atoms with Crippen LogP contribution >= 0.6 is 0 Å². The highest BCUT2D eigenvalue weighted by Crippen LogP contribution is 2.08. The van der Waals surface area contributed by atoms with E-state index >= 15 is 0 Å². The van der Waals surface area contributed by atoms with E-state index < -0.39 is 18.1 Å². The van der Waals surface area contributed by atoms with E-state index in [-0.39, 0.29) is 12.0 Å². The van der Waals surface area contributed by atoms with Gasteiger partial charge < -0.3 is 15.2 Å². The Morgan fingerprint density at radius 1 is 1.33 bits per heavy atom. The van der Waals surface area contributed by atoms with E-state index in [9.17, 15) is 9.59 Å². The van der Waals surface area contributed by atoms with Gasteiger partial charge in [-0.2, -0.15) is 0 Å². The zero-order chi connectivity index (χ0) is 12.0. The lowest BCUT2D eigenvalue weighted by atomic mass is 10.00. The van der Waals surface area contributed by atoms with Crippen molar-refractivity contribution < 1.29 is 19.4 Å². The summed E-state index contributed by atoms with van der Waals surface area (Å²) in [5, 5.41) is 11.2. The third-order valence-electron chi connectivity index (χ3n) is 2.10. The molecule has 0 aliphatic heterocycles. The normalized spacial score (nSPS) is 14.5. The highest BCUT2D eigenvalue weighted by atomic mass is 16.6. The third-order valence-corrected chi connectivity index (χ3v) is 2.10. The van der Waals surface area contributed by atoms with Crippen LogP contribution in [-0.2, 0) is 9.53 Å². The van der Waals surface area contributed by atoms with E-state index in [1.54, 1.807) is 20.8 Å². The van der Waals surface area contributed by atoms with Crippen LogP contribution in [-0.4, -0.2) is 29.3 Å². The SMILES string of the molecule is CCC(C)C(NC(=O)OC(C)C)C(=O)O. The molecule has 0 saturated heterocycles. The summed E-state index contributed by atoms with van der Waals surface area (Å²) in [6, 6.07) is -0.888. The molecule has 0 heterocycles. The van der Waals surface area contributed by atoms with E-state index in [4.69, 9.17) is 9.84 Å². The number of amides is 1. The van der Waals surface area contributed by atoms with E-state index in [0.717, 1.165) is 0 Å². The summed E-state index contributed by atoms with van der Waals surface area (Å²) in [5.74, 6) is -1.16. The molecule has 2 N–H and O–H groups in total. The molecule has 2 atom stereocenters. The minimum atomic E-state index is -1.04.